The topological polar surface area (TPSA) is 55.5 Å². The lowest BCUT2D eigenvalue weighted by Gasteiger charge is -2.26. The third-order valence-corrected chi connectivity index (χ3v) is 5.40. The number of aliphatic hydroxyl groups excluding tert-OH is 1. The fraction of sp³-hybridized carbons (Fsp3) is 0.684. The summed E-state index contributed by atoms with van der Waals surface area (Å²) in [5.41, 5.74) is 10.2. The second kappa shape index (κ2) is 6.69. The van der Waals surface area contributed by atoms with Crippen LogP contribution in [0.25, 0.3) is 0 Å². The van der Waals surface area contributed by atoms with Crippen LogP contribution in [-0.4, -0.2) is 30.0 Å². The van der Waals surface area contributed by atoms with Gasteiger partial charge in [-0.05, 0) is 67.6 Å². The van der Waals surface area contributed by atoms with Crippen molar-refractivity contribution < 1.29 is 9.84 Å². The molecule has 0 heterocycles. The monoisotopic (exact) mass is 303 g/mol. The molecule has 122 valence electrons. The zero-order chi connectivity index (χ0) is 15.6. The normalized spacial score (nSPS) is 31.2. The van der Waals surface area contributed by atoms with Crippen molar-refractivity contribution in [2.75, 3.05) is 13.2 Å². The van der Waals surface area contributed by atoms with Gasteiger partial charge in [-0.1, -0.05) is 25.1 Å². The molecule has 2 aliphatic carbocycles. The van der Waals surface area contributed by atoms with Gasteiger partial charge in [0.05, 0.1) is 12.7 Å². The number of hydrogen-bond acceptors (Lipinski definition) is 3. The van der Waals surface area contributed by atoms with E-state index >= 15 is 0 Å². The molecular formula is C19H29NO2. The van der Waals surface area contributed by atoms with Crippen molar-refractivity contribution in [3.63, 3.8) is 0 Å². The molecule has 0 amide bonds. The van der Waals surface area contributed by atoms with E-state index in [1.807, 2.05) is 0 Å². The first-order valence-electron chi connectivity index (χ1n) is 8.76. The number of ether oxygens (including phenoxy) is 1. The summed E-state index contributed by atoms with van der Waals surface area (Å²) in [6, 6.07) is 6.95. The van der Waals surface area contributed by atoms with Crippen molar-refractivity contribution in [2.24, 2.45) is 5.73 Å². The lowest BCUT2D eigenvalue weighted by Crippen LogP contribution is -2.40. The number of aliphatic hydroxyl groups is 1. The maximum Gasteiger partial charge on any atom is 0.0618 e. The molecule has 0 aromatic heterocycles. The molecule has 3 nitrogen and oxygen atoms in total. The van der Waals surface area contributed by atoms with E-state index in [4.69, 9.17) is 10.5 Å². The van der Waals surface area contributed by atoms with Crippen LogP contribution in [-0.2, 0) is 17.6 Å². The summed E-state index contributed by atoms with van der Waals surface area (Å²) in [6.45, 7) is 3.14. The fourth-order valence-corrected chi connectivity index (χ4v) is 4.01. The molecule has 0 radical (unpaired) electrons. The van der Waals surface area contributed by atoms with Crippen LogP contribution in [0.5, 0.6) is 0 Å². The average Bonchev–Trinajstić information content (AvgIpc) is 2.95. The lowest BCUT2D eigenvalue weighted by atomic mass is 9.85. The maximum atomic E-state index is 9.44. The second-order valence-electron chi connectivity index (χ2n) is 7.22. The summed E-state index contributed by atoms with van der Waals surface area (Å²) < 4.78 is 5.92. The molecule has 1 aromatic rings. The zero-order valence-electron chi connectivity index (χ0n) is 13.7. The Morgan fingerprint density at radius 2 is 2.18 bits per heavy atom. The van der Waals surface area contributed by atoms with Gasteiger partial charge in [0.2, 0.25) is 0 Å². The first kappa shape index (κ1) is 16.0. The van der Waals surface area contributed by atoms with E-state index in [-0.39, 0.29) is 12.1 Å². The van der Waals surface area contributed by atoms with E-state index in [0.717, 1.165) is 51.6 Å². The van der Waals surface area contributed by atoms with Gasteiger partial charge in [0.15, 0.2) is 0 Å². The van der Waals surface area contributed by atoms with Crippen LogP contribution in [0.2, 0.25) is 0 Å². The highest BCUT2D eigenvalue weighted by Gasteiger charge is 2.36. The Balaban J connectivity index is 1.68. The molecule has 3 rings (SSSR count). The summed E-state index contributed by atoms with van der Waals surface area (Å²) in [4.78, 5) is 0. The molecule has 2 aliphatic rings. The Morgan fingerprint density at radius 3 is 2.91 bits per heavy atom. The molecule has 22 heavy (non-hydrogen) atoms. The number of benzene rings is 1. The minimum atomic E-state index is -0.361. The van der Waals surface area contributed by atoms with Crippen LogP contribution in [0.1, 0.15) is 61.6 Å². The highest BCUT2D eigenvalue weighted by atomic mass is 16.5. The highest BCUT2D eigenvalue weighted by molar-refractivity contribution is 5.36. The third kappa shape index (κ3) is 3.37. The minimum absolute atomic E-state index is 0.102. The lowest BCUT2D eigenvalue weighted by molar-refractivity contribution is 0.0446. The van der Waals surface area contributed by atoms with Gasteiger partial charge in [0.1, 0.15) is 0 Å². The fourth-order valence-electron chi connectivity index (χ4n) is 4.01. The SMILES string of the molecule is CCCOC1CCc2cc([C@H]3CC[C@](N)(CO)C3)ccc2C1. The Kier molecular flexibility index (Phi) is 4.86. The summed E-state index contributed by atoms with van der Waals surface area (Å²) in [6.07, 6.45) is 7.74. The van der Waals surface area contributed by atoms with Crippen molar-refractivity contribution in [3.05, 3.63) is 34.9 Å². The van der Waals surface area contributed by atoms with Crippen molar-refractivity contribution in [1.82, 2.24) is 0 Å². The van der Waals surface area contributed by atoms with E-state index < -0.39 is 0 Å². The molecular weight excluding hydrogens is 274 g/mol. The van der Waals surface area contributed by atoms with Gasteiger partial charge in [-0.3, -0.25) is 0 Å². The maximum absolute atomic E-state index is 9.44. The van der Waals surface area contributed by atoms with E-state index in [1.165, 1.54) is 16.7 Å². The summed E-state index contributed by atoms with van der Waals surface area (Å²) in [5, 5.41) is 9.44. The van der Waals surface area contributed by atoms with Crippen LogP contribution < -0.4 is 5.73 Å². The standard InChI is InChI=1S/C19H29NO2/c1-2-9-22-18-6-5-14-10-15(3-4-16(14)11-18)17-7-8-19(20,12-17)13-21/h3-4,10,17-18,21H,2,5-9,11-13,20H2,1H3/t17-,18?,19+/m0/s1. The van der Waals surface area contributed by atoms with Gasteiger partial charge in [0.25, 0.3) is 0 Å². The van der Waals surface area contributed by atoms with Gasteiger partial charge >= 0.3 is 0 Å². The van der Waals surface area contributed by atoms with Gasteiger partial charge in [-0.2, -0.15) is 0 Å². The molecule has 1 unspecified atom stereocenters. The van der Waals surface area contributed by atoms with Gasteiger partial charge < -0.3 is 15.6 Å². The minimum Gasteiger partial charge on any atom is -0.394 e. The number of fused-ring (bicyclic) bond motifs is 1. The largest absolute Gasteiger partial charge is 0.394 e. The first-order chi connectivity index (χ1) is 10.6. The molecule has 1 saturated carbocycles. The van der Waals surface area contributed by atoms with E-state index in [9.17, 15) is 5.11 Å². The quantitative estimate of drug-likeness (QED) is 0.879. The molecule has 0 bridgehead atoms. The Hall–Kier alpha value is -0.900. The summed E-state index contributed by atoms with van der Waals surface area (Å²) in [5.74, 6) is 0.511. The number of nitrogens with two attached hydrogens (primary N) is 1. The van der Waals surface area contributed by atoms with E-state index in [1.54, 1.807) is 0 Å². The number of aryl methyl sites for hydroxylation is 1. The van der Waals surface area contributed by atoms with Crippen LogP contribution in [0, 0.1) is 0 Å². The van der Waals surface area contributed by atoms with E-state index in [2.05, 4.69) is 25.1 Å². The van der Waals surface area contributed by atoms with Gasteiger partial charge in [-0.15, -0.1) is 0 Å². The Morgan fingerprint density at radius 1 is 1.32 bits per heavy atom. The Bertz CT molecular complexity index is 516. The van der Waals surface area contributed by atoms with Crippen LogP contribution >= 0.6 is 0 Å². The van der Waals surface area contributed by atoms with Crippen molar-refractivity contribution >= 4 is 0 Å². The zero-order valence-corrected chi connectivity index (χ0v) is 13.7. The predicted octanol–water partition coefficient (Wildman–Crippen LogP) is 2.93. The van der Waals surface area contributed by atoms with Gasteiger partial charge in [-0.25, -0.2) is 0 Å². The predicted molar refractivity (Wildman–Crippen MR) is 89.1 cm³/mol. The second-order valence-corrected chi connectivity index (χ2v) is 7.22. The van der Waals surface area contributed by atoms with E-state index in [0.29, 0.717) is 12.0 Å². The molecule has 1 fully saturated rings. The van der Waals surface area contributed by atoms with Crippen LogP contribution in [0.4, 0.5) is 0 Å². The molecule has 1 aromatic carbocycles. The van der Waals surface area contributed by atoms with Crippen molar-refractivity contribution in [2.45, 2.75) is 69.4 Å². The average molecular weight is 303 g/mol. The molecule has 3 heteroatoms. The number of rotatable bonds is 5. The summed E-state index contributed by atoms with van der Waals surface area (Å²) in [7, 11) is 0. The smallest absolute Gasteiger partial charge is 0.0618 e. The highest BCUT2D eigenvalue weighted by Crippen LogP contribution is 2.40. The van der Waals surface area contributed by atoms with Crippen molar-refractivity contribution in [1.29, 1.82) is 0 Å². The van der Waals surface area contributed by atoms with Crippen LogP contribution in [0.3, 0.4) is 0 Å². The molecule has 3 atom stereocenters. The first-order valence-corrected chi connectivity index (χ1v) is 8.76. The molecule has 3 N–H and O–H groups in total. The Labute approximate surface area is 133 Å². The molecule has 0 spiro atoms. The summed E-state index contributed by atoms with van der Waals surface area (Å²) >= 11 is 0. The van der Waals surface area contributed by atoms with Crippen LogP contribution in [0.15, 0.2) is 18.2 Å². The molecule has 0 saturated heterocycles. The molecule has 0 aliphatic heterocycles. The third-order valence-electron chi connectivity index (χ3n) is 5.40. The van der Waals surface area contributed by atoms with Crippen molar-refractivity contribution in [3.8, 4) is 0 Å². The number of hydrogen-bond donors (Lipinski definition) is 2. The van der Waals surface area contributed by atoms with Gasteiger partial charge in [0, 0.05) is 12.1 Å².